The van der Waals surface area contributed by atoms with Gasteiger partial charge in [0.1, 0.15) is 18.3 Å². The Balaban J connectivity index is 4.79. The summed E-state index contributed by atoms with van der Waals surface area (Å²) >= 11 is 0. The van der Waals surface area contributed by atoms with E-state index in [-0.39, 0.29) is 0 Å². The van der Waals surface area contributed by atoms with Crippen molar-refractivity contribution < 1.29 is 39.9 Å². The van der Waals surface area contributed by atoms with Gasteiger partial charge in [0, 0.05) is 6.92 Å². The van der Waals surface area contributed by atoms with Crippen molar-refractivity contribution in [2.24, 2.45) is 5.73 Å². The monoisotopic (exact) mass is 253 g/mol. The Labute approximate surface area is 96.0 Å². The van der Waals surface area contributed by atoms with Gasteiger partial charge in [-0.1, -0.05) is 0 Å². The van der Waals surface area contributed by atoms with Gasteiger partial charge in [-0.2, -0.15) is 0 Å². The second-order valence-corrected chi connectivity index (χ2v) is 3.39. The quantitative estimate of drug-likeness (QED) is 0.161. The molecule has 0 spiro atoms. The van der Waals surface area contributed by atoms with Crippen LogP contribution in [-0.4, -0.2) is 68.1 Å². The van der Waals surface area contributed by atoms with Crippen LogP contribution in [0.15, 0.2) is 0 Å². The average molecular weight is 253 g/mol. The molecule has 9 nitrogen and oxygen atoms in total. The number of carbonyl (C=O) groups excluding carboxylic acids is 2. The highest BCUT2D eigenvalue weighted by Crippen LogP contribution is 2.13. The summed E-state index contributed by atoms with van der Waals surface area (Å²) in [5, 5.41) is 45.4. The van der Waals surface area contributed by atoms with Crippen LogP contribution >= 0.6 is 0 Å². The molecule has 100 valence electrons. The molecular formula is C8H15NO8. The zero-order chi connectivity index (χ0) is 13.8. The van der Waals surface area contributed by atoms with Gasteiger partial charge in [-0.25, -0.2) is 4.79 Å². The number of rotatable bonds is 5. The molecule has 0 fully saturated rings. The summed E-state index contributed by atoms with van der Waals surface area (Å²) < 4.78 is 3.93. The largest absolute Gasteiger partial charge is 0.394 e. The zero-order valence-corrected chi connectivity index (χ0v) is 8.98. The molecule has 0 aliphatic carbocycles. The predicted octanol–water partition coefficient (Wildman–Crippen LogP) is -4.20. The summed E-state index contributed by atoms with van der Waals surface area (Å²) in [5.41, 5.74) is 1.88. The van der Waals surface area contributed by atoms with Crippen molar-refractivity contribution in [3.8, 4) is 0 Å². The van der Waals surface area contributed by atoms with Crippen molar-refractivity contribution in [3.63, 3.8) is 0 Å². The van der Waals surface area contributed by atoms with Crippen molar-refractivity contribution >= 4 is 11.9 Å². The van der Waals surface area contributed by atoms with E-state index >= 15 is 0 Å². The maximum absolute atomic E-state index is 11.1. The van der Waals surface area contributed by atoms with Crippen LogP contribution in [0.5, 0.6) is 0 Å². The predicted molar refractivity (Wildman–Crippen MR) is 51.0 cm³/mol. The molecule has 4 atom stereocenters. The number of nitrogens with two attached hydrogens (primary N) is 1. The summed E-state index contributed by atoms with van der Waals surface area (Å²) in [7, 11) is 0. The van der Waals surface area contributed by atoms with Crippen molar-refractivity contribution in [2.45, 2.75) is 31.0 Å². The fourth-order valence-electron chi connectivity index (χ4n) is 0.912. The molecule has 0 saturated carbocycles. The summed E-state index contributed by atoms with van der Waals surface area (Å²) in [4.78, 5) is 21.5. The number of aliphatic hydroxyl groups excluding tert-OH is 4. The number of carbonyl (C=O) groups is 2. The lowest BCUT2D eigenvalue weighted by Crippen LogP contribution is -2.64. The molecule has 0 amide bonds. The smallest absolute Gasteiger partial charge is 0.364 e. The topological polar surface area (TPSA) is 171 Å². The van der Waals surface area contributed by atoms with E-state index < -0.39 is 42.6 Å². The molecule has 9 heteroatoms. The van der Waals surface area contributed by atoms with E-state index in [0.29, 0.717) is 0 Å². The highest BCUT2D eigenvalue weighted by molar-refractivity contribution is 5.89. The van der Waals surface area contributed by atoms with Gasteiger partial charge in [-0.05, 0) is 0 Å². The van der Waals surface area contributed by atoms with E-state index in [1.54, 1.807) is 0 Å². The Kier molecular flexibility index (Phi) is 5.61. The molecule has 0 aromatic carbocycles. The molecule has 0 aliphatic rings. The van der Waals surface area contributed by atoms with Crippen LogP contribution in [0.1, 0.15) is 6.92 Å². The van der Waals surface area contributed by atoms with Crippen LogP contribution in [0.25, 0.3) is 0 Å². The summed E-state index contributed by atoms with van der Waals surface area (Å²) in [5.74, 6) is -2.77. The first kappa shape index (κ1) is 15.9. The molecule has 17 heavy (non-hydrogen) atoms. The maximum atomic E-state index is 11.1. The first-order valence-electron chi connectivity index (χ1n) is 4.53. The summed E-state index contributed by atoms with van der Waals surface area (Å²) in [6.07, 6.45) is -6.28. The number of hydrogen-bond donors (Lipinski definition) is 6. The van der Waals surface area contributed by atoms with Crippen LogP contribution in [0.4, 0.5) is 0 Å². The van der Waals surface area contributed by atoms with Crippen LogP contribution in [-0.2, 0) is 14.3 Å². The van der Waals surface area contributed by atoms with Crippen molar-refractivity contribution in [1.82, 2.24) is 0 Å². The Morgan fingerprint density at radius 3 is 2.18 bits per heavy atom. The Morgan fingerprint density at radius 2 is 1.82 bits per heavy atom. The minimum Gasteiger partial charge on any atom is -0.394 e. The van der Waals surface area contributed by atoms with Gasteiger partial charge >= 0.3 is 11.9 Å². The minimum absolute atomic E-state index is 0.860. The molecule has 0 aliphatic heterocycles. The zero-order valence-electron chi connectivity index (χ0n) is 8.98. The molecule has 0 rings (SSSR count). The van der Waals surface area contributed by atoms with Crippen molar-refractivity contribution in [3.05, 3.63) is 0 Å². The summed E-state index contributed by atoms with van der Waals surface area (Å²) in [6.45, 7) is -0.0740. The molecular weight excluding hydrogens is 238 g/mol. The third-order valence-electron chi connectivity index (χ3n) is 1.92. The third-order valence-corrected chi connectivity index (χ3v) is 1.92. The second-order valence-electron chi connectivity index (χ2n) is 3.39. The first-order chi connectivity index (χ1) is 7.64. The number of hydrogen-bond acceptors (Lipinski definition) is 9. The molecule has 7 N–H and O–H groups in total. The molecule has 0 bridgehead atoms. The molecule has 0 aromatic rings. The fourth-order valence-corrected chi connectivity index (χ4v) is 0.912. The van der Waals surface area contributed by atoms with E-state index in [1.807, 2.05) is 0 Å². The van der Waals surface area contributed by atoms with Crippen LogP contribution < -0.4 is 5.73 Å². The normalized spacial score (nSPS) is 19.9. The molecule has 0 aromatic heterocycles. The van der Waals surface area contributed by atoms with Gasteiger partial charge in [-0.15, -0.1) is 0 Å². The first-order valence-corrected chi connectivity index (χ1v) is 4.53. The lowest BCUT2D eigenvalue weighted by molar-refractivity contribution is -0.196. The van der Waals surface area contributed by atoms with Gasteiger partial charge in [0.15, 0.2) is 0 Å². The third kappa shape index (κ3) is 4.00. The van der Waals surface area contributed by atoms with Crippen LogP contribution in [0.2, 0.25) is 0 Å². The number of esters is 2. The highest BCUT2D eigenvalue weighted by Gasteiger charge is 2.47. The average Bonchev–Trinajstić information content (AvgIpc) is 2.24. The Bertz CT molecular complexity index is 291. The Hall–Kier alpha value is -1.10. The SMILES string of the molecule is CC(=O)OC(=O)[C@](N)(O)[C@@H](O)[C@H](O)[C@H](O)CO. The number of aliphatic hydroxyl groups is 5. The fraction of sp³-hybridized carbons (Fsp3) is 0.750. The van der Waals surface area contributed by atoms with E-state index in [9.17, 15) is 24.9 Å². The number of ether oxygens (including phenoxy) is 1. The lowest BCUT2D eigenvalue weighted by Gasteiger charge is -2.30. The van der Waals surface area contributed by atoms with E-state index in [4.69, 9.17) is 15.9 Å². The van der Waals surface area contributed by atoms with Crippen molar-refractivity contribution in [2.75, 3.05) is 6.61 Å². The van der Waals surface area contributed by atoms with E-state index in [1.165, 1.54) is 0 Å². The van der Waals surface area contributed by atoms with Gasteiger partial charge in [-0.3, -0.25) is 10.5 Å². The highest BCUT2D eigenvalue weighted by atomic mass is 16.6. The van der Waals surface area contributed by atoms with Crippen molar-refractivity contribution in [1.29, 1.82) is 0 Å². The van der Waals surface area contributed by atoms with Gasteiger partial charge in [0.2, 0.25) is 5.72 Å². The second kappa shape index (κ2) is 6.00. The Morgan fingerprint density at radius 1 is 1.35 bits per heavy atom. The van der Waals surface area contributed by atoms with Crippen LogP contribution in [0.3, 0.4) is 0 Å². The van der Waals surface area contributed by atoms with Gasteiger partial charge < -0.3 is 30.3 Å². The van der Waals surface area contributed by atoms with Gasteiger partial charge in [0.05, 0.1) is 6.61 Å². The minimum atomic E-state index is -3.10. The van der Waals surface area contributed by atoms with Crippen LogP contribution in [0, 0.1) is 0 Å². The molecule has 0 unspecified atom stereocenters. The van der Waals surface area contributed by atoms with Gasteiger partial charge in [0.25, 0.3) is 0 Å². The standard InChI is InChI=1S/C8H15NO8/c1-3(11)17-7(15)8(9,16)6(14)5(13)4(12)2-10/h4-6,10,12-14,16H,2,9H2,1H3/t4-,5-,6+,8-/m1/s1. The van der Waals surface area contributed by atoms with E-state index in [2.05, 4.69) is 4.74 Å². The molecule has 0 radical (unpaired) electrons. The maximum Gasteiger partial charge on any atom is 0.364 e. The van der Waals surface area contributed by atoms with E-state index in [0.717, 1.165) is 6.92 Å². The molecule has 0 heterocycles. The molecule has 0 saturated heterocycles. The lowest BCUT2D eigenvalue weighted by atomic mass is 9.98. The summed E-state index contributed by atoms with van der Waals surface area (Å²) in [6, 6.07) is 0.